The van der Waals surface area contributed by atoms with Gasteiger partial charge in [0.05, 0.1) is 6.54 Å². The normalized spacial score (nSPS) is 12.3. The van der Waals surface area contributed by atoms with Crippen LogP contribution in [0.25, 0.3) is 0 Å². The van der Waals surface area contributed by atoms with Crippen LogP contribution in [-0.4, -0.2) is 37.1 Å². The van der Waals surface area contributed by atoms with Crippen molar-refractivity contribution in [3.63, 3.8) is 0 Å². The molecule has 2 N–H and O–H groups in total. The van der Waals surface area contributed by atoms with Crippen LogP contribution in [0.3, 0.4) is 0 Å². The molecule has 1 aromatic carbocycles. The molecule has 17 heavy (non-hydrogen) atoms. The quantitative estimate of drug-likeness (QED) is 0.799. The lowest BCUT2D eigenvalue weighted by atomic mass is 10.2. The first-order valence-corrected chi connectivity index (χ1v) is 5.01. The Balaban J connectivity index is 2.17. The van der Waals surface area contributed by atoms with Gasteiger partial charge in [-0.2, -0.15) is 0 Å². The predicted molar refractivity (Wildman–Crippen MR) is 58.7 cm³/mol. The number of rotatable bonds is 3. The highest BCUT2D eigenvalue weighted by Crippen LogP contribution is 2.32. The molecular weight excluding hydrogens is 224 g/mol. The molecule has 0 spiro atoms. The molecule has 1 heterocycles. The molecule has 0 radical (unpaired) electrons. The lowest BCUT2D eigenvalue weighted by molar-refractivity contribution is -0.118. The number of nitrogens with zero attached hydrogens (tertiary/aromatic N) is 1. The summed E-state index contributed by atoms with van der Waals surface area (Å²) in [6, 6.07) is 4.86. The smallest absolute Gasteiger partial charge is 0.254 e. The Kier molecular flexibility index (Phi) is 2.86. The number of fused-ring (bicyclic) bond motifs is 1. The molecule has 0 saturated carbocycles. The summed E-state index contributed by atoms with van der Waals surface area (Å²) in [4.78, 5) is 23.9. The maximum absolute atomic E-state index is 11.9. The summed E-state index contributed by atoms with van der Waals surface area (Å²) in [6.45, 7) is 0.0391. The van der Waals surface area contributed by atoms with E-state index in [1.165, 1.54) is 11.9 Å². The van der Waals surface area contributed by atoms with Gasteiger partial charge in [-0.15, -0.1) is 0 Å². The molecule has 1 aliphatic heterocycles. The zero-order valence-electron chi connectivity index (χ0n) is 9.30. The van der Waals surface area contributed by atoms with Crippen LogP contribution < -0.4 is 15.2 Å². The third-order valence-electron chi connectivity index (χ3n) is 2.36. The van der Waals surface area contributed by atoms with E-state index in [0.717, 1.165) is 0 Å². The second kappa shape index (κ2) is 4.32. The van der Waals surface area contributed by atoms with Crippen molar-refractivity contribution >= 4 is 11.8 Å². The minimum Gasteiger partial charge on any atom is -0.454 e. The van der Waals surface area contributed by atoms with Crippen molar-refractivity contribution in [1.29, 1.82) is 0 Å². The molecule has 0 bridgehead atoms. The average molecular weight is 236 g/mol. The molecular formula is C11H12N2O4. The summed E-state index contributed by atoms with van der Waals surface area (Å²) in [7, 11) is 1.51. The second-order valence-electron chi connectivity index (χ2n) is 3.70. The summed E-state index contributed by atoms with van der Waals surface area (Å²) in [5.74, 6) is 0.297. The molecule has 0 aliphatic carbocycles. The molecule has 6 heteroatoms. The number of hydrogen-bond donors (Lipinski definition) is 1. The summed E-state index contributed by atoms with van der Waals surface area (Å²) >= 11 is 0. The molecule has 0 aromatic heterocycles. The van der Waals surface area contributed by atoms with Gasteiger partial charge in [0.15, 0.2) is 11.5 Å². The van der Waals surface area contributed by atoms with Gasteiger partial charge in [-0.25, -0.2) is 0 Å². The highest BCUT2D eigenvalue weighted by molar-refractivity contribution is 5.96. The fraction of sp³-hybridized carbons (Fsp3) is 0.273. The average Bonchev–Trinajstić information content (AvgIpc) is 2.73. The number of ether oxygens (including phenoxy) is 2. The molecule has 2 rings (SSSR count). The van der Waals surface area contributed by atoms with Gasteiger partial charge in [-0.1, -0.05) is 0 Å². The number of nitrogens with two attached hydrogens (primary N) is 1. The molecule has 1 aliphatic rings. The maximum atomic E-state index is 11.9. The van der Waals surface area contributed by atoms with Crippen LogP contribution in [0, 0.1) is 0 Å². The van der Waals surface area contributed by atoms with Crippen molar-refractivity contribution in [2.24, 2.45) is 5.73 Å². The first-order valence-electron chi connectivity index (χ1n) is 5.01. The van der Waals surface area contributed by atoms with Crippen LogP contribution in [-0.2, 0) is 4.79 Å². The molecule has 2 amide bonds. The van der Waals surface area contributed by atoms with Crippen LogP contribution in [0.1, 0.15) is 10.4 Å². The number of carbonyl (C=O) groups is 2. The van der Waals surface area contributed by atoms with Gasteiger partial charge in [-0.3, -0.25) is 9.59 Å². The number of hydrogen-bond acceptors (Lipinski definition) is 4. The summed E-state index contributed by atoms with van der Waals surface area (Å²) in [5.41, 5.74) is 5.45. The van der Waals surface area contributed by atoms with E-state index in [0.29, 0.717) is 17.1 Å². The lowest BCUT2D eigenvalue weighted by Gasteiger charge is -2.15. The first kappa shape index (κ1) is 11.3. The molecule has 90 valence electrons. The van der Waals surface area contributed by atoms with Crippen LogP contribution in [0.2, 0.25) is 0 Å². The first-order chi connectivity index (χ1) is 8.08. The van der Waals surface area contributed by atoms with Crippen molar-refractivity contribution in [3.8, 4) is 11.5 Å². The monoisotopic (exact) mass is 236 g/mol. The fourth-order valence-electron chi connectivity index (χ4n) is 1.56. The van der Waals surface area contributed by atoms with E-state index in [-0.39, 0.29) is 19.2 Å². The van der Waals surface area contributed by atoms with E-state index in [1.54, 1.807) is 18.2 Å². The minimum absolute atomic E-state index is 0.118. The van der Waals surface area contributed by atoms with Crippen molar-refractivity contribution in [1.82, 2.24) is 4.90 Å². The minimum atomic E-state index is -0.554. The Morgan fingerprint density at radius 3 is 2.76 bits per heavy atom. The molecule has 1 aromatic rings. The Bertz CT molecular complexity index is 473. The fourth-order valence-corrected chi connectivity index (χ4v) is 1.56. The molecule has 0 saturated heterocycles. The van der Waals surface area contributed by atoms with Gasteiger partial charge in [0.1, 0.15) is 0 Å². The zero-order valence-corrected chi connectivity index (χ0v) is 9.30. The van der Waals surface area contributed by atoms with E-state index < -0.39 is 5.91 Å². The molecule has 0 atom stereocenters. The van der Waals surface area contributed by atoms with Crippen molar-refractivity contribution < 1.29 is 19.1 Å². The SMILES string of the molecule is CN(CC(N)=O)C(=O)c1ccc2c(c1)OCO2. The number of primary amides is 1. The predicted octanol–water partition coefficient (Wildman–Crippen LogP) is -0.0274. The largest absolute Gasteiger partial charge is 0.454 e. The van der Waals surface area contributed by atoms with E-state index in [4.69, 9.17) is 15.2 Å². The molecule has 0 unspecified atom stereocenters. The third kappa shape index (κ3) is 2.30. The Morgan fingerprint density at radius 2 is 2.06 bits per heavy atom. The number of amides is 2. The zero-order chi connectivity index (χ0) is 12.4. The van der Waals surface area contributed by atoms with Crippen LogP contribution in [0.15, 0.2) is 18.2 Å². The standard InChI is InChI=1S/C11H12N2O4/c1-13(5-10(12)14)11(15)7-2-3-8-9(4-7)17-6-16-8/h2-4H,5-6H2,1H3,(H2,12,14). The van der Waals surface area contributed by atoms with Gasteiger partial charge in [0.25, 0.3) is 5.91 Å². The van der Waals surface area contributed by atoms with Gasteiger partial charge in [0, 0.05) is 12.6 Å². The molecule has 6 nitrogen and oxygen atoms in total. The van der Waals surface area contributed by atoms with Gasteiger partial charge in [-0.05, 0) is 18.2 Å². The van der Waals surface area contributed by atoms with Crippen LogP contribution in [0.4, 0.5) is 0 Å². The Labute approximate surface area is 97.9 Å². The summed E-state index contributed by atoms with van der Waals surface area (Å²) < 4.78 is 10.3. The van der Waals surface area contributed by atoms with E-state index in [9.17, 15) is 9.59 Å². The van der Waals surface area contributed by atoms with Crippen LogP contribution in [0.5, 0.6) is 11.5 Å². The summed E-state index contributed by atoms with van der Waals surface area (Å²) in [5, 5.41) is 0. The van der Waals surface area contributed by atoms with Crippen molar-refractivity contribution in [2.45, 2.75) is 0 Å². The third-order valence-corrected chi connectivity index (χ3v) is 2.36. The second-order valence-corrected chi connectivity index (χ2v) is 3.70. The van der Waals surface area contributed by atoms with Crippen molar-refractivity contribution in [2.75, 3.05) is 20.4 Å². The number of carbonyl (C=O) groups excluding carboxylic acids is 2. The van der Waals surface area contributed by atoms with Gasteiger partial charge in [0.2, 0.25) is 12.7 Å². The van der Waals surface area contributed by atoms with E-state index in [2.05, 4.69) is 0 Å². The number of benzene rings is 1. The van der Waals surface area contributed by atoms with Gasteiger partial charge < -0.3 is 20.1 Å². The van der Waals surface area contributed by atoms with Crippen molar-refractivity contribution in [3.05, 3.63) is 23.8 Å². The van der Waals surface area contributed by atoms with Crippen LogP contribution >= 0.6 is 0 Å². The van der Waals surface area contributed by atoms with Gasteiger partial charge >= 0.3 is 0 Å². The lowest BCUT2D eigenvalue weighted by Crippen LogP contribution is -2.35. The highest BCUT2D eigenvalue weighted by atomic mass is 16.7. The summed E-state index contributed by atoms with van der Waals surface area (Å²) in [6.07, 6.45) is 0. The van der Waals surface area contributed by atoms with E-state index in [1.807, 2.05) is 0 Å². The molecule has 0 fully saturated rings. The Morgan fingerprint density at radius 1 is 1.35 bits per heavy atom. The van der Waals surface area contributed by atoms with E-state index >= 15 is 0 Å². The maximum Gasteiger partial charge on any atom is 0.254 e. The number of likely N-dealkylation sites (N-methyl/N-ethyl adjacent to an activating group) is 1. The topological polar surface area (TPSA) is 81.9 Å². The Hall–Kier alpha value is -2.24. The highest BCUT2D eigenvalue weighted by Gasteiger charge is 2.18.